The van der Waals surface area contributed by atoms with Crippen molar-refractivity contribution < 1.29 is 29.0 Å². The summed E-state index contributed by atoms with van der Waals surface area (Å²) in [4.78, 5) is 60.8. The Kier molecular flexibility index (Phi) is 10.6. The van der Waals surface area contributed by atoms with Crippen molar-refractivity contribution in [3.05, 3.63) is 59.2 Å². The molecular formula is C35H47N5O6. The Balaban J connectivity index is 1.43. The molecule has 4 amide bonds. The lowest BCUT2D eigenvalue weighted by atomic mass is 9.83. The van der Waals surface area contributed by atoms with Crippen LogP contribution in [-0.4, -0.2) is 115 Å². The zero-order valence-corrected chi connectivity index (χ0v) is 27.5. The third-order valence-corrected chi connectivity index (χ3v) is 9.49. The van der Waals surface area contributed by atoms with E-state index >= 15 is 0 Å². The summed E-state index contributed by atoms with van der Waals surface area (Å²) in [5, 5.41) is 10.6. The molecule has 0 aromatic heterocycles. The molecular weight excluding hydrogens is 586 g/mol. The Bertz CT molecular complexity index is 1450. The van der Waals surface area contributed by atoms with Crippen LogP contribution in [0.15, 0.2) is 42.5 Å². The highest BCUT2D eigenvalue weighted by Crippen LogP contribution is 2.41. The predicted octanol–water partition coefficient (Wildman–Crippen LogP) is 3.66. The second-order valence-electron chi connectivity index (χ2n) is 13.0. The van der Waals surface area contributed by atoms with Gasteiger partial charge in [-0.25, -0.2) is 4.79 Å². The van der Waals surface area contributed by atoms with E-state index < -0.39 is 17.9 Å². The Morgan fingerprint density at radius 3 is 2.63 bits per heavy atom. The van der Waals surface area contributed by atoms with Crippen LogP contribution in [0.3, 0.4) is 0 Å². The summed E-state index contributed by atoms with van der Waals surface area (Å²) < 4.78 is 5.70. The molecule has 3 heterocycles. The fraction of sp³-hybridized carbons (Fsp3) is 0.543. The monoisotopic (exact) mass is 633 g/mol. The smallest absolute Gasteiger partial charge is 0.326 e. The Hall–Kier alpha value is -3.96. The van der Waals surface area contributed by atoms with Crippen LogP contribution in [0.25, 0.3) is 0 Å². The molecule has 2 saturated heterocycles. The number of amides is 4. The zero-order valence-electron chi connectivity index (χ0n) is 27.5. The summed E-state index contributed by atoms with van der Waals surface area (Å²) in [6, 6.07) is 13.1. The number of unbranched alkanes of at least 4 members (excludes halogenated alkanes) is 1. The minimum atomic E-state index is -0.918. The molecule has 3 unspecified atom stereocenters. The minimum absolute atomic E-state index is 0.0625. The molecule has 0 radical (unpaired) electrons. The van der Waals surface area contributed by atoms with Gasteiger partial charge >= 0.3 is 12.0 Å². The van der Waals surface area contributed by atoms with Crippen LogP contribution in [0.5, 0.6) is 5.75 Å². The number of carboxylic acids is 1. The predicted molar refractivity (Wildman–Crippen MR) is 175 cm³/mol. The van der Waals surface area contributed by atoms with Crippen LogP contribution in [0.4, 0.5) is 10.5 Å². The number of imide groups is 1. The fourth-order valence-corrected chi connectivity index (χ4v) is 7.10. The van der Waals surface area contributed by atoms with Gasteiger partial charge in [-0.05, 0) is 61.8 Å². The number of urea groups is 1. The van der Waals surface area contributed by atoms with Crippen LogP contribution < -0.4 is 9.64 Å². The van der Waals surface area contributed by atoms with Crippen molar-refractivity contribution in [3.8, 4) is 5.75 Å². The quantitative estimate of drug-likeness (QED) is 0.356. The van der Waals surface area contributed by atoms with Crippen LogP contribution in [-0.2, 0) is 27.3 Å². The number of rotatable bonds is 13. The van der Waals surface area contributed by atoms with Gasteiger partial charge in [0.05, 0.1) is 19.1 Å². The third kappa shape index (κ3) is 7.36. The van der Waals surface area contributed by atoms with Gasteiger partial charge in [0.1, 0.15) is 5.75 Å². The van der Waals surface area contributed by atoms with Gasteiger partial charge in [0.2, 0.25) is 11.8 Å². The van der Waals surface area contributed by atoms with Gasteiger partial charge in [0.25, 0.3) is 0 Å². The topological polar surface area (TPSA) is 114 Å². The number of likely N-dealkylation sites (tertiary alicyclic amines) is 1. The van der Waals surface area contributed by atoms with Crippen LogP contribution >= 0.6 is 0 Å². The summed E-state index contributed by atoms with van der Waals surface area (Å²) in [5.74, 6) is -1.50. The molecule has 46 heavy (non-hydrogen) atoms. The SMILES string of the molecule is CCCCN(C(=O)CN1CC(c2ccc3c(c2)CCO3)C(C(=O)O)C1CCN1CCC(=O)N(C)C1=O)c1cccc(CN(C)C)c1. The van der Waals surface area contributed by atoms with Gasteiger partial charge in [-0.2, -0.15) is 0 Å². The zero-order chi connectivity index (χ0) is 33.0. The van der Waals surface area contributed by atoms with Gasteiger partial charge in [0.15, 0.2) is 0 Å². The molecule has 0 bridgehead atoms. The van der Waals surface area contributed by atoms with Gasteiger partial charge in [-0.1, -0.05) is 37.6 Å². The number of anilines is 1. The maximum absolute atomic E-state index is 14.2. The first-order chi connectivity index (χ1) is 22.1. The van der Waals surface area contributed by atoms with E-state index in [9.17, 15) is 24.3 Å². The van der Waals surface area contributed by atoms with Crippen molar-refractivity contribution in [2.75, 3.05) is 65.4 Å². The number of carbonyl (C=O) groups is 4. The summed E-state index contributed by atoms with van der Waals surface area (Å²) in [5.41, 5.74) is 3.94. The molecule has 0 aliphatic carbocycles. The Morgan fingerprint density at radius 2 is 1.89 bits per heavy atom. The average molecular weight is 634 g/mol. The largest absolute Gasteiger partial charge is 0.493 e. The van der Waals surface area contributed by atoms with Gasteiger partial charge < -0.3 is 24.5 Å². The molecule has 2 fully saturated rings. The molecule has 2 aromatic carbocycles. The molecule has 3 aliphatic heterocycles. The summed E-state index contributed by atoms with van der Waals surface area (Å²) in [6.07, 6.45) is 3.15. The molecule has 11 nitrogen and oxygen atoms in total. The van der Waals surface area contributed by atoms with E-state index in [1.807, 2.05) is 48.2 Å². The second kappa shape index (κ2) is 14.6. The van der Waals surface area contributed by atoms with E-state index in [0.717, 1.165) is 58.8 Å². The summed E-state index contributed by atoms with van der Waals surface area (Å²) in [6.45, 7) is 5.09. The maximum Gasteiger partial charge on any atom is 0.326 e. The van der Waals surface area contributed by atoms with Crippen molar-refractivity contribution in [3.63, 3.8) is 0 Å². The van der Waals surface area contributed by atoms with E-state index in [2.05, 4.69) is 30.0 Å². The molecule has 2 aromatic rings. The lowest BCUT2D eigenvalue weighted by molar-refractivity contribution is -0.143. The molecule has 0 spiro atoms. The number of ether oxygens (including phenoxy) is 1. The molecule has 5 rings (SSSR count). The third-order valence-electron chi connectivity index (χ3n) is 9.49. The first-order valence-electron chi connectivity index (χ1n) is 16.4. The Morgan fingerprint density at radius 1 is 1.09 bits per heavy atom. The fourth-order valence-electron chi connectivity index (χ4n) is 7.10. The standard InChI is InChI=1S/C35H47N5O6/c1-5-6-15-40(27-9-7-8-24(19-27)21-36(2)3)32(42)23-39-22-28(25-10-11-30-26(20-25)14-18-46-30)33(34(43)44)29(39)12-16-38-17-13-31(41)37(4)35(38)45/h7-11,19-20,28-29,33H,5-6,12-18,21-23H2,1-4H3,(H,43,44). The van der Waals surface area contributed by atoms with E-state index in [0.29, 0.717) is 39.2 Å². The van der Waals surface area contributed by atoms with Crippen molar-refractivity contribution in [1.29, 1.82) is 0 Å². The maximum atomic E-state index is 14.2. The van der Waals surface area contributed by atoms with Crippen LogP contribution in [0, 0.1) is 5.92 Å². The minimum Gasteiger partial charge on any atom is -0.493 e. The normalized spacial score (nSPS) is 21.5. The van der Waals surface area contributed by atoms with Crippen molar-refractivity contribution in [2.24, 2.45) is 5.92 Å². The number of carboxylic acid groups (broad SMARTS) is 1. The highest BCUT2D eigenvalue weighted by Gasteiger charge is 2.47. The van der Waals surface area contributed by atoms with Crippen LogP contribution in [0.1, 0.15) is 55.2 Å². The first kappa shape index (κ1) is 33.4. The number of hydrogen-bond donors (Lipinski definition) is 1. The first-order valence-corrected chi connectivity index (χ1v) is 16.4. The number of nitrogens with zero attached hydrogens (tertiary/aromatic N) is 5. The number of hydrogen-bond acceptors (Lipinski definition) is 7. The lowest BCUT2D eigenvalue weighted by Gasteiger charge is -2.34. The van der Waals surface area contributed by atoms with Crippen molar-refractivity contribution in [1.82, 2.24) is 19.6 Å². The highest BCUT2D eigenvalue weighted by molar-refractivity contribution is 5.96. The molecule has 3 atom stereocenters. The van der Waals surface area contributed by atoms with Crippen LogP contribution in [0.2, 0.25) is 0 Å². The molecule has 11 heteroatoms. The lowest BCUT2D eigenvalue weighted by Crippen LogP contribution is -2.52. The molecule has 248 valence electrons. The number of aliphatic carboxylic acids is 1. The highest BCUT2D eigenvalue weighted by atomic mass is 16.5. The Labute approximate surface area is 271 Å². The molecule has 1 N–H and O–H groups in total. The van der Waals surface area contributed by atoms with E-state index in [1.165, 1.54) is 7.05 Å². The molecule has 3 aliphatic rings. The van der Waals surface area contributed by atoms with Gasteiger partial charge in [0, 0.05) is 70.3 Å². The van der Waals surface area contributed by atoms with E-state index in [-0.39, 0.29) is 36.7 Å². The second-order valence-corrected chi connectivity index (χ2v) is 13.0. The van der Waals surface area contributed by atoms with E-state index in [4.69, 9.17) is 4.74 Å². The summed E-state index contributed by atoms with van der Waals surface area (Å²) in [7, 11) is 5.50. The molecule has 0 saturated carbocycles. The van der Waals surface area contributed by atoms with E-state index in [1.54, 1.807) is 4.90 Å². The number of benzene rings is 2. The van der Waals surface area contributed by atoms with Crippen molar-refractivity contribution in [2.45, 2.75) is 57.5 Å². The van der Waals surface area contributed by atoms with Crippen molar-refractivity contribution >= 4 is 29.5 Å². The van der Waals surface area contributed by atoms with Gasteiger partial charge in [-0.3, -0.25) is 24.2 Å². The average Bonchev–Trinajstić information content (AvgIpc) is 3.64. The van der Waals surface area contributed by atoms with Gasteiger partial charge in [-0.15, -0.1) is 0 Å². The number of fused-ring (bicyclic) bond motifs is 1. The number of carbonyl (C=O) groups excluding carboxylic acids is 3. The summed E-state index contributed by atoms with van der Waals surface area (Å²) >= 11 is 0.